The highest BCUT2D eigenvalue weighted by atomic mass is 32.2. The van der Waals surface area contributed by atoms with Gasteiger partial charge < -0.3 is 10.4 Å². The van der Waals surface area contributed by atoms with Gasteiger partial charge in [-0.25, -0.2) is 0 Å². The lowest BCUT2D eigenvalue weighted by molar-refractivity contribution is 0.0956. The van der Waals surface area contributed by atoms with Crippen LogP contribution >= 0.6 is 11.8 Å². The Balaban J connectivity index is 2.75. The topological polar surface area (TPSA) is 49.3 Å². The molecule has 0 saturated carbocycles. The number of nitrogens with one attached hydrogen (secondary N) is 1. The Bertz CT molecular complexity index is 449. The molecule has 1 rings (SSSR count). The monoisotopic (exact) mass is 263 g/mol. The van der Waals surface area contributed by atoms with E-state index in [1.54, 1.807) is 17.8 Å². The molecule has 96 valence electrons. The summed E-state index contributed by atoms with van der Waals surface area (Å²) >= 11 is 1.69. The predicted molar refractivity (Wildman–Crippen MR) is 75.7 cm³/mol. The third-order valence-corrected chi connectivity index (χ3v) is 2.84. The Morgan fingerprint density at radius 1 is 1.44 bits per heavy atom. The number of carbonyl (C=O) groups excluding carboxylic acids is 1. The number of carbonyl (C=O) groups is 1. The van der Waals surface area contributed by atoms with Crippen LogP contribution in [0.1, 0.15) is 22.3 Å². The third-order valence-electron chi connectivity index (χ3n) is 2.22. The minimum absolute atomic E-state index is 0.0368. The molecule has 3 nitrogen and oxygen atoms in total. The Kier molecular flexibility index (Phi) is 7.00. The fourth-order valence-corrected chi connectivity index (χ4v) is 1.67. The van der Waals surface area contributed by atoms with Gasteiger partial charge in [-0.05, 0) is 18.4 Å². The summed E-state index contributed by atoms with van der Waals surface area (Å²) in [5.74, 6) is 6.53. The summed E-state index contributed by atoms with van der Waals surface area (Å²) in [5, 5.41) is 11.5. The Labute approximate surface area is 112 Å². The van der Waals surface area contributed by atoms with E-state index in [1.807, 2.05) is 24.5 Å². The summed E-state index contributed by atoms with van der Waals surface area (Å²) in [4.78, 5) is 11.9. The first kappa shape index (κ1) is 14.6. The highest BCUT2D eigenvalue weighted by molar-refractivity contribution is 7.98. The molecule has 0 spiro atoms. The first-order chi connectivity index (χ1) is 8.79. The fourth-order valence-electron chi connectivity index (χ4n) is 1.37. The van der Waals surface area contributed by atoms with Gasteiger partial charge in [0.25, 0.3) is 5.91 Å². The van der Waals surface area contributed by atoms with Crippen molar-refractivity contribution in [2.24, 2.45) is 0 Å². The zero-order valence-corrected chi connectivity index (χ0v) is 11.2. The molecule has 0 heterocycles. The predicted octanol–water partition coefficient (Wildman–Crippen LogP) is 1.51. The number of hydrogen-bond donors (Lipinski definition) is 2. The van der Waals surface area contributed by atoms with Crippen LogP contribution in [0.5, 0.6) is 0 Å². The van der Waals surface area contributed by atoms with Gasteiger partial charge in [0.15, 0.2) is 0 Å². The Hall–Kier alpha value is -1.44. The maximum Gasteiger partial charge on any atom is 0.252 e. The van der Waals surface area contributed by atoms with Crippen LogP contribution in [0.3, 0.4) is 0 Å². The molecule has 0 aromatic heterocycles. The van der Waals surface area contributed by atoms with E-state index >= 15 is 0 Å². The second-order valence-corrected chi connectivity index (χ2v) is 4.56. The van der Waals surface area contributed by atoms with Crippen molar-refractivity contribution in [3.05, 3.63) is 35.4 Å². The van der Waals surface area contributed by atoms with Gasteiger partial charge in [-0.2, -0.15) is 11.8 Å². The fraction of sp³-hybridized carbons (Fsp3) is 0.357. The van der Waals surface area contributed by atoms with E-state index in [0.717, 1.165) is 5.75 Å². The molecule has 4 heteroatoms. The molecule has 0 saturated heterocycles. The average Bonchev–Trinajstić information content (AvgIpc) is 2.40. The van der Waals surface area contributed by atoms with Crippen molar-refractivity contribution in [3.8, 4) is 11.8 Å². The van der Waals surface area contributed by atoms with E-state index < -0.39 is 0 Å². The third kappa shape index (κ3) is 4.82. The summed E-state index contributed by atoms with van der Waals surface area (Å²) in [6, 6.07) is 7.24. The van der Waals surface area contributed by atoms with Gasteiger partial charge in [0, 0.05) is 24.3 Å². The van der Waals surface area contributed by atoms with Crippen LogP contribution in [-0.4, -0.2) is 36.2 Å². The lowest BCUT2D eigenvalue weighted by Gasteiger charge is -2.05. The molecule has 1 aromatic carbocycles. The second-order valence-electron chi connectivity index (χ2n) is 3.57. The molecule has 0 aliphatic rings. The molecule has 1 aromatic rings. The van der Waals surface area contributed by atoms with Crippen molar-refractivity contribution in [2.75, 3.05) is 25.2 Å². The summed E-state index contributed by atoms with van der Waals surface area (Å²) in [6.07, 6.45) is 2.42. The molecule has 0 atom stereocenters. The van der Waals surface area contributed by atoms with Crippen molar-refractivity contribution < 1.29 is 9.90 Å². The Morgan fingerprint density at radius 2 is 2.22 bits per heavy atom. The largest absolute Gasteiger partial charge is 0.395 e. The van der Waals surface area contributed by atoms with Crippen molar-refractivity contribution in [1.29, 1.82) is 0 Å². The number of amides is 1. The van der Waals surface area contributed by atoms with Crippen LogP contribution < -0.4 is 5.32 Å². The van der Waals surface area contributed by atoms with Gasteiger partial charge in [-0.3, -0.25) is 4.79 Å². The molecular formula is C14H17NO2S. The van der Waals surface area contributed by atoms with Crippen molar-refractivity contribution in [1.82, 2.24) is 5.32 Å². The van der Waals surface area contributed by atoms with Crippen LogP contribution in [0.25, 0.3) is 0 Å². The standard InChI is InChI=1S/C14H17NO2S/c1-18-11-9-15-14(17)13-8-3-2-6-12(13)7-4-5-10-16/h2-3,6,8,16H,5,9-11H2,1H3,(H,15,17). The Morgan fingerprint density at radius 3 is 2.94 bits per heavy atom. The number of hydrogen-bond acceptors (Lipinski definition) is 3. The van der Waals surface area contributed by atoms with E-state index in [-0.39, 0.29) is 12.5 Å². The summed E-state index contributed by atoms with van der Waals surface area (Å²) in [7, 11) is 0. The SMILES string of the molecule is CSCCNC(=O)c1ccccc1C#CCCO. The van der Waals surface area contributed by atoms with Crippen LogP contribution in [-0.2, 0) is 0 Å². The zero-order chi connectivity index (χ0) is 13.2. The molecule has 18 heavy (non-hydrogen) atoms. The smallest absolute Gasteiger partial charge is 0.252 e. The maximum atomic E-state index is 11.9. The molecule has 0 aliphatic heterocycles. The van der Waals surface area contributed by atoms with E-state index in [0.29, 0.717) is 24.1 Å². The van der Waals surface area contributed by atoms with Gasteiger partial charge in [-0.1, -0.05) is 24.0 Å². The number of rotatable bonds is 5. The minimum Gasteiger partial charge on any atom is -0.395 e. The summed E-state index contributed by atoms with van der Waals surface area (Å²) < 4.78 is 0. The van der Waals surface area contributed by atoms with E-state index in [4.69, 9.17) is 5.11 Å². The van der Waals surface area contributed by atoms with Gasteiger partial charge in [0.2, 0.25) is 0 Å². The number of aliphatic hydroxyl groups is 1. The molecule has 2 N–H and O–H groups in total. The second kappa shape index (κ2) is 8.62. The van der Waals surface area contributed by atoms with Gasteiger partial charge >= 0.3 is 0 Å². The molecule has 0 fully saturated rings. The first-order valence-corrected chi connectivity index (χ1v) is 7.15. The van der Waals surface area contributed by atoms with Crippen molar-refractivity contribution in [2.45, 2.75) is 6.42 Å². The number of benzene rings is 1. The molecule has 0 unspecified atom stereocenters. The molecular weight excluding hydrogens is 246 g/mol. The molecule has 0 aliphatic carbocycles. The quantitative estimate of drug-likeness (QED) is 0.625. The summed E-state index contributed by atoms with van der Waals surface area (Å²) in [6.45, 7) is 0.688. The van der Waals surface area contributed by atoms with Gasteiger partial charge in [-0.15, -0.1) is 0 Å². The molecule has 1 amide bonds. The van der Waals surface area contributed by atoms with E-state index in [1.165, 1.54) is 0 Å². The zero-order valence-electron chi connectivity index (χ0n) is 10.4. The lowest BCUT2D eigenvalue weighted by Crippen LogP contribution is -2.26. The highest BCUT2D eigenvalue weighted by Gasteiger charge is 2.08. The van der Waals surface area contributed by atoms with Crippen LogP contribution in [0.15, 0.2) is 24.3 Å². The normalized spacial score (nSPS) is 9.44. The minimum atomic E-state index is -0.0991. The first-order valence-electron chi connectivity index (χ1n) is 5.75. The average molecular weight is 263 g/mol. The molecule has 0 radical (unpaired) electrons. The summed E-state index contributed by atoms with van der Waals surface area (Å²) in [5.41, 5.74) is 1.29. The van der Waals surface area contributed by atoms with E-state index in [2.05, 4.69) is 17.2 Å². The number of aliphatic hydroxyl groups excluding tert-OH is 1. The molecule has 0 bridgehead atoms. The van der Waals surface area contributed by atoms with Crippen LogP contribution in [0.2, 0.25) is 0 Å². The maximum absolute atomic E-state index is 11.9. The van der Waals surface area contributed by atoms with Crippen LogP contribution in [0.4, 0.5) is 0 Å². The van der Waals surface area contributed by atoms with E-state index in [9.17, 15) is 4.79 Å². The van der Waals surface area contributed by atoms with Gasteiger partial charge in [0.05, 0.1) is 12.2 Å². The highest BCUT2D eigenvalue weighted by Crippen LogP contribution is 2.07. The number of thioether (sulfide) groups is 1. The van der Waals surface area contributed by atoms with Gasteiger partial charge in [0.1, 0.15) is 0 Å². The van der Waals surface area contributed by atoms with Crippen LogP contribution in [0, 0.1) is 11.8 Å². The van der Waals surface area contributed by atoms with Crippen molar-refractivity contribution >= 4 is 17.7 Å². The lowest BCUT2D eigenvalue weighted by atomic mass is 10.1. The van der Waals surface area contributed by atoms with Crippen molar-refractivity contribution in [3.63, 3.8) is 0 Å².